The Morgan fingerprint density at radius 2 is 2.19 bits per heavy atom. The van der Waals surface area contributed by atoms with Crippen LogP contribution in [0, 0.1) is 6.92 Å². The minimum Gasteiger partial charge on any atom is -0.332 e. The number of anilines is 1. The molecule has 0 atom stereocenters. The van der Waals surface area contributed by atoms with E-state index < -0.39 is 0 Å². The van der Waals surface area contributed by atoms with Gasteiger partial charge in [0, 0.05) is 11.8 Å². The van der Waals surface area contributed by atoms with Crippen LogP contribution >= 0.6 is 0 Å². The minimum atomic E-state index is -0.0623. The van der Waals surface area contributed by atoms with Crippen LogP contribution in [0.25, 0.3) is 0 Å². The van der Waals surface area contributed by atoms with E-state index in [0.717, 1.165) is 37.8 Å². The topological polar surface area (TPSA) is 53.4 Å². The van der Waals surface area contributed by atoms with Gasteiger partial charge in [0.1, 0.15) is 0 Å². The number of aromatic nitrogens is 2. The van der Waals surface area contributed by atoms with E-state index in [9.17, 15) is 4.79 Å². The van der Waals surface area contributed by atoms with E-state index in [4.69, 9.17) is 0 Å². The molecule has 88 valence electrons. The molecule has 1 fully saturated rings. The molecular formula is C11H19N4O+. The van der Waals surface area contributed by atoms with Gasteiger partial charge in [-0.2, -0.15) is 0 Å². The molecule has 0 saturated carbocycles. The second-order valence-corrected chi connectivity index (χ2v) is 4.30. The second-order valence-electron chi connectivity index (χ2n) is 4.30. The summed E-state index contributed by atoms with van der Waals surface area (Å²) in [6.07, 6.45) is 0. The summed E-state index contributed by atoms with van der Waals surface area (Å²) in [4.78, 5) is 22.3. The zero-order chi connectivity index (χ0) is 11.5. The molecule has 2 N–H and O–H groups in total. The van der Waals surface area contributed by atoms with E-state index in [2.05, 4.69) is 21.8 Å². The zero-order valence-electron chi connectivity index (χ0n) is 9.92. The molecule has 0 spiro atoms. The Labute approximate surface area is 95.1 Å². The average molecular weight is 223 g/mol. The molecule has 0 radical (unpaired) electrons. The number of H-pyrrole nitrogens is 1. The molecule has 1 aromatic rings. The molecule has 2 heterocycles. The molecule has 0 unspecified atom stereocenters. The first-order chi connectivity index (χ1) is 7.69. The molecule has 2 rings (SSSR count). The summed E-state index contributed by atoms with van der Waals surface area (Å²) in [7, 11) is 0. The van der Waals surface area contributed by atoms with Gasteiger partial charge < -0.3 is 9.80 Å². The lowest BCUT2D eigenvalue weighted by molar-refractivity contribution is -0.898. The Bertz CT molecular complexity index is 407. The van der Waals surface area contributed by atoms with Crippen molar-refractivity contribution >= 4 is 5.95 Å². The minimum absolute atomic E-state index is 0.0623. The monoisotopic (exact) mass is 223 g/mol. The van der Waals surface area contributed by atoms with Crippen molar-refractivity contribution < 1.29 is 4.90 Å². The number of aryl methyl sites for hydroxylation is 1. The number of aromatic amines is 1. The highest BCUT2D eigenvalue weighted by molar-refractivity contribution is 5.30. The summed E-state index contributed by atoms with van der Waals surface area (Å²) in [5, 5.41) is 0. The van der Waals surface area contributed by atoms with E-state index in [-0.39, 0.29) is 5.56 Å². The summed E-state index contributed by atoms with van der Waals surface area (Å²) in [6, 6.07) is 1.52. The molecule has 1 aliphatic rings. The fourth-order valence-corrected chi connectivity index (χ4v) is 2.10. The van der Waals surface area contributed by atoms with Crippen molar-refractivity contribution in [1.29, 1.82) is 0 Å². The third-order valence-corrected chi connectivity index (χ3v) is 3.13. The predicted molar refractivity (Wildman–Crippen MR) is 63.0 cm³/mol. The highest BCUT2D eigenvalue weighted by atomic mass is 16.1. The molecule has 0 aliphatic carbocycles. The van der Waals surface area contributed by atoms with Crippen LogP contribution in [0.15, 0.2) is 10.9 Å². The number of likely N-dealkylation sites (N-methyl/N-ethyl adjacent to an activating group) is 1. The maximum Gasteiger partial charge on any atom is 0.252 e. The van der Waals surface area contributed by atoms with Gasteiger partial charge in [0.05, 0.1) is 32.7 Å². The number of rotatable bonds is 2. The lowest BCUT2D eigenvalue weighted by Gasteiger charge is -2.31. The van der Waals surface area contributed by atoms with Crippen molar-refractivity contribution in [3.8, 4) is 0 Å². The largest absolute Gasteiger partial charge is 0.332 e. The van der Waals surface area contributed by atoms with Gasteiger partial charge in [-0.25, -0.2) is 4.98 Å². The van der Waals surface area contributed by atoms with Crippen LogP contribution in [0.5, 0.6) is 0 Å². The highest BCUT2D eigenvalue weighted by Gasteiger charge is 2.20. The van der Waals surface area contributed by atoms with Crippen molar-refractivity contribution in [2.24, 2.45) is 0 Å². The summed E-state index contributed by atoms with van der Waals surface area (Å²) < 4.78 is 0. The Morgan fingerprint density at radius 1 is 1.50 bits per heavy atom. The van der Waals surface area contributed by atoms with Gasteiger partial charge in [-0.05, 0) is 13.8 Å². The number of hydrogen-bond acceptors (Lipinski definition) is 3. The first-order valence-corrected chi connectivity index (χ1v) is 5.85. The maximum atomic E-state index is 11.3. The van der Waals surface area contributed by atoms with Gasteiger partial charge in [0.2, 0.25) is 5.95 Å². The number of quaternary nitrogens is 1. The first-order valence-electron chi connectivity index (χ1n) is 5.85. The van der Waals surface area contributed by atoms with Gasteiger partial charge >= 0.3 is 0 Å². The van der Waals surface area contributed by atoms with Gasteiger partial charge in [-0.3, -0.25) is 9.78 Å². The van der Waals surface area contributed by atoms with Crippen molar-refractivity contribution in [1.82, 2.24) is 9.97 Å². The van der Waals surface area contributed by atoms with Crippen molar-refractivity contribution in [2.75, 3.05) is 37.6 Å². The molecule has 1 saturated heterocycles. The number of nitrogens with one attached hydrogen (secondary N) is 2. The Balaban J connectivity index is 2.11. The smallest absolute Gasteiger partial charge is 0.252 e. The molecule has 1 aromatic heterocycles. The van der Waals surface area contributed by atoms with E-state index in [1.165, 1.54) is 12.6 Å². The van der Waals surface area contributed by atoms with Crippen LogP contribution in [0.3, 0.4) is 0 Å². The van der Waals surface area contributed by atoms with Crippen LogP contribution in [0.1, 0.15) is 12.6 Å². The summed E-state index contributed by atoms with van der Waals surface area (Å²) in [5.41, 5.74) is 0.719. The zero-order valence-corrected chi connectivity index (χ0v) is 9.92. The van der Waals surface area contributed by atoms with E-state index in [1.54, 1.807) is 4.90 Å². The normalized spacial score (nSPS) is 17.8. The summed E-state index contributed by atoms with van der Waals surface area (Å²) in [6.45, 7) is 9.41. The number of piperazine rings is 1. The molecule has 0 aromatic carbocycles. The Hall–Kier alpha value is -1.36. The summed E-state index contributed by atoms with van der Waals surface area (Å²) >= 11 is 0. The van der Waals surface area contributed by atoms with Gasteiger partial charge in [0.25, 0.3) is 5.56 Å². The molecule has 5 heteroatoms. The van der Waals surface area contributed by atoms with Crippen molar-refractivity contribution in [2.45, 2.75) is 13.8 Å². The molecule has 1 aliphatic heterocycles. The fraction of sp³-hybridized carbons (Fsp3) is 0.636. The van der Waals surface area contributed by atoms with Crippen LogP contribution in [-0.2, 0) is 0 Å². The van der Waals surface area contributed by atoms with Gasteiger partial charge in [-0.15, -0.1) is 0 Å². The lowest BCUT2D eigenvalue weighted by Crippen LogP contribution is -3.14. The van der Waals surface area contributed by atoms with E-state index in [1.807, 2.05) is 6.92 Å². The van der Waals surface area contributed by atoms with Crippen molar-refractivity contribution in [3.63, 3.8) is 0 Å². The van der Waals surface area contributed by atoms with Gasteiger partial charge in [-0.1, -0.05) is 0 Å². The lowest BCUT2D eigenvalue weighted by atomic mass is 10.3. The number of nitrogens with zero attached hydrogens (tertiary/aromatic N) is 2. The Morgan fingerprint density at radius 3 is 2.75 bits per heavy atom. The van der Waals surface area contributed by atoms with Crippen molar-refractivity contribution in [3.05, 3.63) is 22.1 Å². The first kappa shape index (κ1) is 11.1. The standard InChI is InChI=1S/C11H18N4O/c1-3-14-4-6-15(7-5-14)11-12-9(2)8-10(16)13-11/h8H,3-7H2,1-2H3,(H,12,13,16)/p+1. The van der Waals surface area contributed by atoms with E-state index >= 15 is 0 Å². The Kier molecular flexibility index (Phi) is 3.24. The molecular weight excluding hydrogens is 204 g/mol. The number of hydrogen-bond donors (Lipinski definition) is 2. The molecule has 16 heavy (non-hydrogen) atoms. The highest BCUT2D eigenvalue weighted by Crippen LogP contribution is 2.04. The van der Waals surface area contributed by atoms with Crippen LogP contribution < -0.4 is 15.4 Å². The van der Waals surface area contributed by atoms with Gasteiger partial charge in [0.15, 0.2) is 0 Å². The van der Waals surface area contributed by atoms with Crippen LogP contribution in [-0.4, -0.2) is 42.7 Å². The summed E-state index contributed by atoms with van der Waals surface area (Å²) in [5.74, 6) is 0.722. The average Bonchev–Trinajstić information content (AvgIpc) is 2.28. The third kappa shape index (κ3) is 2.41. The fourth-order valence-electron chi connectivity index (χ4n) is 2.10. The quantitative estimate of drug-likeness (QED) is 0.662. The molecule has 0 amide bonds. The van der Waals surface area contributed by atoms with Crippen LogP contribution in [0.2, 0.25) is 0 Å². The third-order valence-electron chi connectivity index (χ3n) is 3.13. The molecule has 5 nitrogen and oxygen atoms in total. The van der Waals surface area contributed by atoms with E-state index in [0.29, 0.717) is 0 Å². The predicted octanol–water partition coefficient (Wildman–Crippen LogP) is -1.20. The molecule has 0 bridgehead atoms. The second kappa shape index (κ2) is 4.65. The SMILES string of the molecule is CC[NH+]1CCN(c2nc(C)cc(=O)[nH]2)CC1. The maximum absolute atomic E-state index is 11.3. The van der Waals surface area contributed by atoms with Crippen LogP contribution in [0.4, 0.5) is 5.95 Å².